The fourth-order valence-electron chi connectivity index (χ4n) is 3.52. The van der Waals surface area contributed by atoms with Crippen molar-refractivity contribution in [3.05, 3.63) is 108 Å². The second-order valence-corrected chi connectivity index (χ2v) is 6.79. The molecule has 0 saturated carbocycles. The Labute approximate surface area is 170 Å². The second-order valence-electron chi connectivity index (χ2n) is 6.79. The van der Waals surface area contributed by atoms with Crippen LogP contribution in [0.15, 0.2) is 96.2 Å². The summed E-state index contributed by atoms with van der Waals surface area (Å²) in [5.41, 5.74) is 2.84. The van der Waals surface area contributed by atoms with E-state index in [0.29, 0.717) is 12.3 Å². The highest BCUT2D eigenvalue weighted by atomic mass is 16.7. The number of amidine groups is 1. The third kappa shape index (κ3) is 3.99. The van der Waals surface area contributed by atoms with Crippen LogP contribution in [0.4, 0.5) is 0 Å². The van der Waals surface area contributed by atoms with Crippen molar-refractivity contribution in [3.63, 3.8) is 0 Å². The molecule has 0 aromatic heterocycles. The topological polar surface area (TPSA) is 51.1 Å². The average Bonchev–Trinajstić information content (AvgIpc) is 3.23. The highest BCUT2D eigenvalue weighted by Crippen LogP contribution is 2.33. The Kier molecular flexibility index (Phi) is 5.56. The zero-order chi connectivity index (χ0) is 20.1. The second kappa shape index (κ2) is 8.61. The molecule has 3 aromatic rings. The monoisotopic (exact) mass is 386 g/mol. The van der Waals surface area contributed by atoms with E-state index in [9.17, 15) is 4.79 Å². The maximum Gasteiger partial charge on any atom is 0.329 e. The summed E-state index contributed by atoms with van der Waals surface area (Å²) < 4.78 is 5.17. The van der Waals surface area contributed by atoms with E-state index in [2.05, 4.69) is 5.16 Å². The van der Waals surface area contributed by atoms with Gasteiger partial charge in [-0.3, -0.25) is 4.90 Å². The quantitative estimate of drug-likeness (QED) is 0.597. The smallest absolute Gasteiger partial charge is 0.329 e. The molecule has 0 aliphatic carbocycles. The standard InChI is InChI=1S/C24H22N2O3/c1-28-24(27)21(17-18-11-5-2-6-12-18)26-22(19-13-7-3-8-14-19)25-29-23(26)20-15-9-4-10-16-20/h2-16,21,23H,17H2,1H3/t21-,23+/m0/s1. The molecule has 29 heavy (non-hydrogen) atoms. The van der Waals surface area contributed by atoms with E-state index in [1.54, 1.807) is 0 Å². The molecule has 0 fully saturated rings. The van der Waals surface area contributed by atoms with Gasteiger partial charge in [0.05, 0.1) is 7.11 Å². The van der Waals surface area contributed by atoms with E-state index in [4.69, 9.17) is 9.57 Å². The van der Waals surface area contributed by atoms with Crippen molar-refractivity contribution in [2.24, 2.45) is 5.16 Å². The van der Waals surface area contributed by atoms with Gasteiger partial charge in [-0.25, -0.2) is 4.79 Å². The Balaban J connectivity index is 1.76. The minimum atomic E-state index is -0.589. The summed E-state index contributed by atoms with van der Waals surface area (Å²) in [6.07, 6.45) is -0.0364. The number of carbonyl (C=O) groups excluding carboxylic acids is 1. The van der Waals surface area contributed by atoms with Gasteiger partial charge < -0.3 is 9.57 Å². The summed E-state index contributed by atoms with van der Waals surface area (Å²) in [6, 6.07) is 28.8. The van der Waals surface area contributed by atoms with Crippen molar-refractivity contribution in [2.75, 3.05) is 7.11 Å². The SMILES string of the molecule is COC(=O)[C@H](Cc1ccccc1)N1C(c2ccccc2)=NO[C@@H]1c1ccccc1. The zero-order valence-electron chi connectivity index (χ0n) is 16.1. The Bertz CT molecular complexity index is 975. The molecule has 0 radical (unpaired) electrons. The van der Waals surface area contributed by atoms with Gasteiger partial charge in [-0.2, -0.15) is 0 Å². The lowest BCUT2D eigenvalue weighted by atomic mass is 10.0. The number of rotatable bonds is 6. The molecule has 1 aliphatic heterocycles. The number of carbonyl (C=O) groups is 1. The van der Waals surface area contributed by atoms with Crippen LogP contribution in [0.3, 0.4) is 0 Å². The van der Waals surface area contributed by atoms with Crippen molar-refractivity contribution in [3.8, 4) is 0 Å². The molecule has 3 aromatic carbocycles. The normalized spacial score (nSPS) is 16.7. The summed E-state index contributed by atoms with van der Waals surface area (Å²) in [4.78, 5) is 20.6. The molecule has 0 unspecified atom stereocenters. The molecule has 0 spiro atoms. The fraction of sp³-hybridized carbons (Fsp3) is 0.167. The maximum atomic E-state index is 12.9. The lowest BCUT2D eigenvalue weighted by Gasteiger charge is -2.32. The molecule has 1 aliphatic rings. The van der Waals surface area contributed by atoms with Gasteiger partial charge in [-0.15, -0.1) is 0 Å². The minimum Gasteiger partial charge on any atom is -0.467 e. The number of esters is 1. The number of ether oxygens (including phenoxy) is 1. The highest BCUT2D eigenvalue weighted by Gasteiger charge is 2.41. The van der Waals surface area contributed by atoms with Crippen molar-refractivity contribution in [1.29, 1.82) is 0 Å². The van der Waals surface area contributed by atoms with E-state index in [1.165, 1.54) is 7.11 Å². The van der Waals surface area contributed by atoms with Gasteiger partial charge in [0.15, 0.2) is 5.84 Å². The predicted molar refractivity (Wildman–Crippen MR) is 111 cm³/mol. The lowest BCUT2D eigenvalue weighted by Crippen LogP contribution is -2.47. The Morgan fingerprint density at radius 2 is 1.55 bits per heavy atom. The van der Waals surface area contributed by atoms with Gasteiger partial charge in [-0.1, -0.05) is 96.2 Å². The molecular formula is C24H22N2O3. The van der Waals surface area contributed by atoms with Crippen LogP contribution in [0.2, 0.25) is 0 Å². The molecule has 0 amide bonds. The minimum absolute atomic E-state index is 0.330. The van der Waals surface area contributed by atoms with Gasteiger partial charge in [-0.05, 0) is 5.56 Å². The van der Waals surface area contributed by atoms with Crippen LogP contribution in [-0.2, 0) is 20.8 Å². The number of methoxy groups -OCH3 is 1. The van der Waals surface area contributed by atoms with E-state index >= 15 is 0 Å². The fourth-order valence-corrected chi connectivity index (χ4v) is 3.52. The molecule has 1 heterocycles. The van der Waals surface area contributed by atoms with Gasteiger partial charge in [0.25, 0.3) is 0 Å². The first-order chi connectivity index (χ1) is 14.3. The first-order valence-corrected chi connectivity index (χ1v) is 9.52. The highest BCUT2D eigenvalue weighted by molar-refractivity contribution is 6.01. The van der Waals surface area contributed by atoms with Gasteiger partial charge in [0.1, 0.15) is 6.04 Å². The first kappa shape index (κ1) is 18.7. The number of hydrogen-bond acceptors (Lipinski definition) is 5. The van der Waals surface area contributed by atoms with E-state index in [1.807, 2.05) is 95.9 Å². The number of hydrogen-bond donors (Lipinski definition) is 0. The number of nitrogens with zero attached hydrogens (tertiary/aromatic N) is 2. The van der Waals surface area contributed by atoms with Crippen LogP contribution in [-0.4, -0.2) is 29.9 Å². The van der Waals surface area contributed by atoms with Crippen LogP contribution < -0.4 is 0 Å². The summed E-state index contributed by atoms with van der Waals surface area (Å²) in [5, 5.41) is 4.36. The van der Waals surface area contributed by atoms with Crippen LogP contribution in [0, 0.1) is 0 Å². The average molecular weight is 386 g/mol. The Hall–Kier alpha value is -3.60. The molecule has 5 heteroatoms. The largest absolute Gasteiger partial charge is 0.467 e. The molecule has 146 valence electrons. The summed E-state index contributed by atoms with van der Waals surface area (Å²) in [6.45, 7) is 0. The Morgan fingerprint density at radius 3 is 2.17 bits per heavy atom. The van der Waals surface area contributed by atoms with Gasteiger partial charge in [0.2, 0.25) is 6.23 Å². The first-order valence-electron chi connectivity index (χ1n) is 9.52. The van der Waals surface area contributed by atoms with Crippen LogP contribution in [0.25, 0.3) is 0 Å². The molecular weight excluding hydrogens is 364 g/mol. The predicted octanol–water partition coefficient (Wildman–Crippen LogP) is 4.16. The lowest BCUT2D eigenvalue weighted by molar-refractivity contribution is -0.148. The maximum absolute atomic E-state index is 12.9. The van der Waals surface area contributed by atoms with Crippen LogP contribution in [0.1, 0.15) is 22.9 Å². The zero-order valence-corrected chi connectivity index (χ0v) is 16.1. The van der Waals surface area contributed by atoms with Crippen LogP contribution in [0.5, 0.6) is 0 Å². The Morgan fingerprint density at radius 1 is 0.966 bits per heavy atom. The molecule has 0 bridgehead atoms. The van der Waals surface area contributed by atoms with Gasteiger partial charge >= 0.3 is 5.97 Å². The summed E-state index contributed by atoms with van der Waals surface area (Å²) >= 11 is 0. The van der Waals surface area contributed by atoms with E-state index in [0.717, 1.165) is 16.7 Å². The van der Waals surface area contributed by atoms with E-state index in [-0.39, 0.29) is 5.97 Å². The third-order valence-electron chi connectivity index (χ3n) is 4.93. The van der Waals surface area contributed by atoms with Gasteiger partial charge in [0, 0.05) is 17.5 Å². The van der Waals surface area contributed by atoms with Crippen molar-refractivity contribution in [1.82, 2.24) is 4.90 Å². The van der Waals surface area contributed by atoms with Crippen LogP contribution >= 0.6 is 0 Å². The van der Waals surface area contributed by atoms with Crippen molar-refractivity contribution < 1.29 is 14.4 Å². The molecule has 4 rings (SSSR count). The van der Waals surface area contributed by atoms with Crippen molar-refractivity contribution >= 4 is 11.8 Å². The molecule has 0 N–H and O–H groups in total. The molecule has 2 atom stereocenters. The number of oxime groups is 1. The summed E-state index contributed by atoms with van der Waals surface area (Å²) in [7, 11) is 1.41. The van der Waals surface area contributed by atoms with Crippen molar-refractivity contribution in [2.45, 2.75) is 18.7 Å². The summed E-state index contributed by atoms with van der Waals surface area (Å²) in [5.74, 6) is 0.287. The third-order valence-corrected chi connectivity index (χ3v) is 4.93. The number of benzene rings is 3. The van der Waals surface area contributed by atoms with E-state index < -0.39 is 12.3 Å². The molecule has 0 saturated heterocycles. The molecule has 5 nitrogen and oxygen atoms in total.